The van der Waals surface area contributed by atoms with Gasteiger partial charge in [-0.2, -0.15) is 5.10 Å². The van der Waals surface area contributed by atoms with E-state index in [1.807, 2.05) is 49.7 Å². The minimum atomic E-state index is -0.465. The van der Waals surface area contributed by atoms with Crippen molar-refractivity contribution in [3.05, 3.63) is 54.9 Å². The van der Waals surface area contributed by atoms with Crippen LogP contribution in [0.5, 0.6) is 0 Å². The molecule has 0 spiro atoms. The Morgan fingerprint density at radius 3 is 2.36 bits per heavy atom. The second-order valence-corrected chi connectivity index (χ2v) is 8.10. The number of hydrogen-bond acceptors (Lipinski definition) is 4. The van der Waals surface area contributed by atoms with E-state index in [-0.39, 0.29) is 6.09 Å². The van der Waals surface area contributed by atoms with Crippen LogP contribution in [0.25, 0.3) is 16.6 Å². The molecule has 0 N–H and O–H groups in total. The lowest BCUT2D eigenvalue weighted by atomic mass is 10.1. The van der Waals surface area contributed by atoms with Gasteiger partial charge >= 0.3 is 6.09 Å². The summed E-state index contributed by atoms with van der Waals surface area (Å²) < 4.78 is 7.41. The van der Waals surface area contributed by atoms with Crippen LogP contribution in [0, 0.1) is 0 Å². The maximum absolute atomic E-state index is 12.3. The van der Waals surface area contributed by atoms with Gasteiger partial charge in [0, 0.05) is 37.9 Å². The van der Waals surface area contributed by atoms with Crippen LogP contribution in [-0.4, -0.2) is 52.4 Å². The Kier molecular flexibility index (Phi) is 4.71. The number of pyridine rings is 1. The van der Waals surface area contributed by atoms with Gasteiger partial charge in [-0.1, -0.05) is 36.4 Å². The van der Waals surface area contributed by atoms with Crippen molar-refractivity contribution in [2.75, 3.05) is 31.1 Å². The Morgan fingerprint density at radius 2 is 1.68 bits per heavy atom. The van der Waals surface area contributed by atoms with Gasteiger partial charge in [0.2, 0.25) is 0 Å². The van der Waals surface area contributed by atoms with Gasteiger partial charge in [0.25, 0.3) is 0 Å². The van der Waals surface area contributed by atoms with Crippen molar-refractivity contribution in [1.82, 2.24) is 14.5 Å². The van der Waals surface area contributed by atoms with Gasteiger partial charge in [0.05, 0.1) is 17.4 Å². The highest BCUT2D eigenvalue weighted by Gasteiger charge is 2.26. The fraction of sp³-hybridized carbons (Fsp3) is 0.364. The minimum Gasteiger partial charge on any atom is -0.444 e. The zero-order valence-corrected chi connectivity index (χ0v) is 16.6. The second kappa shape index (κ2) is 7.19. The Balaban J connectivity index is 1.48. The van der Waals surface area contributed by atoms with E-state index in [0.717, 1.165) is 29.9 Å². The molecule has 0 radical (unpaired) electrons. The lowest BCUT2D eigenvalue weighted by molar-refractivity contribution is 0.0241. The first kappa shape index (κ1) is 18.3. The molecule has 1 saturated heterocycles. The van der Waals surface area contributed by atoms with Crippen molar-refractivity contribution >= 4 is 17.3 Å². The first-order chi connectivity index (χ1) is 13.4. The minimum absolute atomic E-state index is 0.237. The monoisotopic (exact) mass is 378 g/mol. The van der Waals surface area contributed by atoms with Crippen molar-refractivity contribution in [2.24, 2.45) is 0 Å². The summed E-state index contributed by atoms with van der Waals surface area (Å²) >= 11 is 0. The maximum atomic E-state index is 12.3. The lowest BCUT2D eigenvalue weighted by Crippen LogP contribution is -2.50. The summed E-state index contributed by atoms with van der Waals surface area (Å²) in [7, 11) is 0. The van der Waals surface area contributed by atoms with E-state index in [1.165, 1.54) is 5.56 Å². The highest BCUT2D eigenvalue weighted by Crippen LogP contribution is 2.26. The van der Waals surface area contributed by atoms with Gasteiger partial charge in [-0.25, -0.2) is 9.31 Å². The molecule has 1 fully saturated rings. The molecule has 4 rings (SSSR count). The number of amides is 1. The molecule has 0 saturated carbocycles. The molecule has 28 heavy (non-hydrogen) atoms. The topological polar surface area (TPSA) is 50.1 Å². The van der Waals surface area contributed by atoms with Gasteiger partial charge in [-0.05, 0) is 32.4 Å². The molecule has 1 aromatic carbocycles. The van der Waals surface area contributed by atoms with E-state index in [1.54, 1.807) is 4.90 Å². The largest absolute Gasteiger partial charge is 0.444 e. The van der Waals surface area contributed by atoms with Crippen LogP contribution in [0.15, 0.2) is 54.9 Å². The number of carbonyl (C=O) groups excluding carboxylic acids is 1. The maximum Gasteiger partial charge on any atom is 0.410 e. The molecule has 6 nitrogen and oxygen atoms in total. The number of carbonyl (C=O) groups is 1. The average Bonchev–Trinajstić information content (AvgIpc) is 3.11. The van der Waals surface area contributed by atoms with Crippen LogP contribution in [0.4, 0.5) is 10.5 Å². The van der Waals surface area contributed by atoms with Crippen molar-refractivity contribution in [3.8, 4) is 11.1 Å². The molecule has 146 valence electrons. The Morgan fingerprint density at radius 1 is 0.964 bits per heavy atom. The molecule has 0 aliphatic carbocycles. The normalized spacial score (nSPS) is 15.1. The molecule has 3 heterocycles. The highest BCUT2D eigenvalue weighted by atomic mass is 16.6. The standard InChI is InChI=1S/C22H26N4O2/c1-22(2,3)28-21(27)25-13-11-24(12-14-25)20-15-23-26-16-18(9-10-19(20)26)17-7-5-4-6-8-17/h4-10,15-16H,11-14H2,1-3H3. The van der Waals surface area contributed by atoms with Gasteiger partial charge < -0.3 is 14.5 Å². The molecular formula is C22H26N4O2. The lowest BCUT2D eigenvalue weighted by Gasteiger charge is -2.36. The molecule has 3 aromatic rings. The molecule has 2 aromatic heterocycles. The fourth-order valence-electron chi connectivity index (χ4n) is 3.47. The summed E-state index contributed by atoms with van der Waals surface area (Å²) in [5.74, 6) is 0. The van der Waals surface area contributed by atoms with E-state index in [0.29, 0.717) is 13.1 Å². The van der Waals surface area contributed by atoms with Crippen molar-refractivity contribution in [3.63, 3.8) is 0 Å². The Labute approximate surface area is 165 Å². The third kappa shape index (κ3) is 3.81. The van der Waals surface area contributed by atoms with Crippen LogP contribution in [0.1, 0.15) is 20.8 Å². The van der Waals surface area contributed by atoms with Crippen LogP contribution in [-0.2, 0) is 4.74 Å². The average molecular weight is 378 g/mol. The first-order valence-electron chi connectivity index (χ1n) is 9.66. The SMILES string of the molecule is CC(C)(C)OC(=O)N1CCN(c2cnn3cc(-c4ccccc4)ccc23)CC1. The number of hydrogen-bond donors (Lipinski definition) is 0. The summed E-state index contributed by atoms with van der Waals surface area (Å²) in [5.41, 5.74) is 4.02. The van der Waals surface area contributed by atoms with Gasteiger partial charge in [-0.15, -0.1) is 0 Å². The van der Waals surface area contributed by atoms with Crippen molar-refractivity contribution in [1.29, 1.82) is 0 Å². The molecule has 6 heteroatoms. The summed E-state index contributed by atoms with van der Waals surface area (Å²) in [5, 5.41) is 4.55. The third-order valence-electron chi connectivity index (χ3n) is 4.87. The number of benzene rings is 1. The fourth-order valence-corrected chi connectivity index (χ4v) is 3.47. The van der Waals surface area contributed by atoms with E-state index >= 15 is 0 Å². The summed E-state index contributed by atoms with van der Waals surface area (Å²) in [6.07, 6.45) is 3.73. The third-order valence-corrected chi connectivity index (χ3v) is 4.87. The Hall–Kier alpha value is -3.02. The van der Waals surface area contributed by atoms with E-state index in [9.17, 15) is 4.79 Å². The number of aromatic nitrogens is 2. The number of piperazine rings is 1. The molecule has 0 atom stereocenters. The smallest absolute Gasteiger partial charge is 0.410 e. The zero-order chi connectivity index (χ0) is 19.7. The number of ether oxygens (including phenoxy) is 1. The Bertz CT molecular complexity index is 967. The van der Waals surface area contributed by atoms with Crippen molar-refractivity contribution in [2.45, 2.75) is 26.4 Å². The van der Waals surface area contributed by atoms with Crippen LogP contribution >= 0.6 is 0 Å². The van der Waals surface area contributed by atoms with E-state index in [2.05, 4.69) is 40.5 Å². The first-order valence-corrected chi connectivity index (χ1v) is 9.66. The zero-order valence-electron chi connectivity index (χ0n) is 16.6. The van der Waals surface area contributed by atoms with Gasteiger partial charge in [0.15, 0.2) is 0 Å². The van der Waals surface area contributed by atoms with Crippen LogP contribution in [0.3, 0.4) is 0 Å². The number of nitrogens with zero attached hydrogens (tertiary/aromatic N) is 4. The molecule has 0 bridgehead atoms. The molecular weight excluding hydrogens is 352 g/mol. The van der Waals surface area contributed by atoms with Gasteiger partial charge in [0.1, 0.15) is 5.60 Å². The van der Waals surface area contributed by atoms with Crippen molar-refractivity contribution < 1.29 is 9.53 Å². The molecule has 0 unspecified atom stereocenters. The summed E-state index contributed by atoms with van der Waals surface area (Å²) in [6.45, 7) is 8.50. The van der Waals surface area contributed by atoms with Crippen LogP contribution < -0.4 is 4.90 Å². The molecule has 1 aliphatic heterocycles. The predicted octanol–water partition coefficient (Wildman–Crippen LogP) is 4.06. The highest BCUT2D eigenvalue weighted by molar-refractivity contribution is 5.76. The number of fused-ring (bicyclic) bond motifs is 1. The summed E-state index contributed by atoms with van der Waals surface area (Å²) in [6, 6.07) is 14.5. The quantitative estimate of drug-likeness (QED) is 0.675. The van der Waals surface area contributed by atoms with Gasteiger partial charge in [-0.3, -0.25) is 0 Å². The van der Waals surface area contributed by atoms with E-state index < -0.39 is 5.60 Å². The number of rotatable bonds is 2. The predicted molar refractivity (Wildman–Crippen MR) is 111 cm³/mol. The molecule has 1 aliphatic rings. The second-order valence-electron chi connectivity index (χ2n) is 8.10. The van der Waals surface area contributed by atoms with E-state index in [4.69, 9.17) is 4.74 Å². The summed E-state index contributed by atoms with van der Waals surface area (Å²) in [4.78, 5) is 16.3. The molecule has 1 amide bonds. The number of anilines is 1. The van der Waals surface area contributed by atoms with Crippen LogP contribution in [0.2, 0.25) is 0 Å².